The molecule has 0 N–H and O–H groups in total. The van der Waals surface area contributed by atoms with Gasteiger partial charge in [0.2, 0.25) is 5.43 Å². The van der Waals surface area contributed by atoms with Gasteiger partial charge in [0, 0.05) is 27.8 Å². The molecular formula is C27H24O6S2. The van der Waals surface area contributed by atoms with Crippen molar-refractivity contribution in [1.29, 1.82) is 0 Å². The molecule has 1 aromatic heterocycles. The van der Waals surface area contributed by atoms with Crippen LogP contribution in [0.1, 0.15) is 28.8 Å². The zero-order valence-corrected chi connectivity index (χ0v) is 21.2. The topological polar surface area (TPSA) is 82.8 Å². The van der Waals surface area contributed by atoms with E-state index < -0.39 is 0 Å². The second-order valence-electron chi connectivity index (χ2n) is 7.72. The highest BCUT2D eigenvalue weighted by atomic mass is 32.2. The molecule has 6 nitrogen and oxygen atoms in total. The third-order valence-electron chi connectivity index (χ3n) is 5.59. The van der Waals surface area contributed by atoms with E-state index in [4.69, 9.17) is 9.15 Å². The Morgan fingerprint density at radius 1 is 0.886 bits per heavy atom. The molecule has 0 aliphatic rings. The fourth-order valence-electron chi connectivity index (χ4n) is 3.68. The molecule has 0 atom stereocenters. The van der Waals surface area contributed by atoms with Crippen LogP contribution >= 0.6 is 23.5 Å². The van der Waals surface area contributed by atoms with Crippen molar-refractivity contribution in [2.75, 3.05) is 26.2 Å². The monoisotopic (exact) mass is 508 g/mol. The third-order valence-corrected chi connectivity index (χ3v) is 7.06. The maximum absolute atomic E-state index is 13.5. The van der Waals surface area contributed by atoms with E-state index in [0.29, 0.717) is 39.7 Å². The van der Waals surface area contributed by atoms with Gasteiger partial charge in [-0.25, -0.2) is 0 Å². The summed E-state index contributed by atoms with van der Waals surface area (Å²) in [6, 6.07) is 15.8. The van der Waals surface area contributed by atoms with Crippen LogP contribution in [0.3, 0.4) is 0 Å². The molecule has 0 unspecified atom stereocenters. The minimum atomic E-state index is -0.334. The summed E-state index contributed by atoms with van der Waals surface area (Å²) in [6.07, 6.45) is 4.52. The molecule has 0 spiro atoms. The quantitative estimate of drug-likeness (QED) is 0.0901. The van der Waals surface area contributed by atoms with Gasteiger partial charge >= 0.3 is 5.97 Å². The molecule has 0 saturated heterocycles. The smallest absolute Gasteiger partial charge is 0.305 e. The number of esters is 1. The van der Waals surface area contributed by atoms with Crippen molar-refractivity contribution < 1.29 is 23.5 Å². The summed E-state index contributed by atoms with van der Waals surface area (Å²) in [5, 5.41) is 0.755. The first-order valence-electron chi connectivity index (χ1n) is 10.9. The molecule has 8 heteroatoms. The molecule has 3 aromatic carbocycles. The van der Waals surface area contributed by atoms with Crippen molar-refractivity contribution in [3.63, 3.8) is 0 Å². The number of fused-ring (bicyclic) bond motifs is 2. The number of hydrogen-bond acceptors (Lipinski definition) is 8. The van der Waals surface area contributed by atoms with Gasteiger partial charge in [0.05, 0.1) is 30.1 Å². The van der Waals surface area contributed by atoms with Gasteiger partial charge in [0.1, 0.15) is 16.9 Å². The minimum absolute atomic E-state index is 0.195. The van der Waals surface area contributed by atoms with Crippen LogP contribution in [0.25, 0.3) is 21.9 Å². The van der Waals surface area contributed by atoms with E-state index in [9.17, 15) is 14.4 Å². The molecule has 1 heterocycles. The van der Waals surface area contributed by atoms with E-state index >= 15 is 0 Å². The standard InChI is InChI=1S/C27H24O6S2/c1-31-25(28)5-4-12-32-22-15-24-21(27(30)19-11-10-18(35-3)13-23(19)33-24)14-20(22)26(29)16-6-8-17(34-2)9-7-16/h6-11,13-15H,4-5,12H2,1-3H3. The Morgan fingerprint density at radius 3 is 2.26 bits per heavy atom. The Hall–Kier alpha value is -3.23. The van der Waals surface area contributed by atoms with E-state index in [2.05, 4.69) is 4.74 Å². The number of hydrogen-bond donors (Lipinski definition) is 0. The van der Waals surface area contributed by atoms with E-state index in [1.54, 1.807) is 53.9 Å². The number of rotatable bonds is 9. The molecule has 0 aliphatic heterocycles. The van der Waals surface area contributed by atoms with E-state index in [1.165, 1.54) is 7.11 Å². The van der Waals surface area contributed by atoms with Crippen molar-refractivity contribution in [2.45, 2.75) is 22.6 Å². The predicted molar refractivity (Wildman–Crippen MR) is 140 cm³/mol. The van der Waals surface area contributed by atoms with Crippen LogP contribution in [0, 0.1) is 0 Å². The molecule has 0 fully saturated rings. The Kier molecular flexibility index (Phi) is 7.83. The summed E-state index contributed by atoms with van der Waals surface area (Å²) in [6.45, 7) is 0.195. The van der Waals surface area contributed by atoms with Crippen molar-refractivity contribution in [3.05, 3.63) is 75.9 Å². The normalized spacial score (nSPS) is 11.1. The maximum Gasteiger partial charge on any atom is 0.305 e. The molecule has 0 radical (unpaired) electrons. The zero-order chi connectivity index (χ0) is 24.9. The largest absolute Gasteiger partial charge is 0.493 e. The van der Waals surface area contributed by atoms with Gasteiger partial charge in [-0.05, 0) is 67.5 Å². The van der Waals surface area contributed by atoms with Crippen molar-refractivity contribution in [1.82, 2.24) is 0 Å². The number of carbonyl (C=O) groups excluding carboxylic acids is 2. The molecular weight excluding hydrogens is 484 g/mol. The van der Waals surface area contributed by atoms with Crippen LogP contribution in [0.2, 0.25) is 0 Å². The lowest BCUT2D eigenvalue weighted by Crippen LogP contribution is -2.10. The number of thioether (sulfide) groups is 2. The minimum Gasteiger partial charge on any atom is -0.493 e. The van der Waals surface area contributed by atoms with Gasteiger partial charge in [-0.1, -0.05) is 0 Å². The molecule has 35 heavy (non-hydrogen) atoms. The predicted octanol–water partition coefficient (Wildman–Crippen LogP) is 5.95. The fourth-order valence-corrected chi connectivity index (χ4v) is 4.52. The third kappa shape index (κ3) is 5.39. The van der Waals surface area contributed by atoms with Crippen molar-refractivity contribution >= 4 is 57.2 Å². The van der Waals surface area contributed by atoms with Crippen molar-refractivity contribution in [3.8, 4) is 5.75 Å². The highest BCUT2D eigenvalue weighted by Gasteiger charge is 2.20. The van der Waals surface area contributed by atoms with Gasteiger partial charge in [-0.15, -0.1) is 23.5 Å². The Labute approximate surface area is 211 Å². The van der Waals surface area contributed by atoms with E-state index in [0.717, 1.165) is 9.79 Å². The second kappa shape index (κ2) is 11.0. The highest BCUT2D eigenvalue weighted by Crippen LogP contribution is 2.31. The Morgan fingerprint density at radius 2 is 1.57 bits per heavy atom. The van der Waals surface area contributed by atoms with Crippen LogP contribution in [0.5, 0.6) is 5.75 Å². The lowest BCUT2D eigenvalue weighted by atomic mass is 10.00. The summed E-state index contributed by atoms with van der Waals surface area (Å²) in [4.78, 5) is 40.2. The molecule has 4 rings (SSSR count). The van der Waals surface area contributed by atoms with Gasteiger partial charge in [-0.2, -0.15) is 0 Å². The van der Waals surface area contributed by atoms with Gasteiger partial charge in [0.15, 0.2) is 5.78 Å². The lowest BCUT2D eigenvalue weighted by Gasteiger charge is -2.13. The summed E-state index contributed by atoms with van der Waals surface area (Å²) < 4.78 is 16.7. The molecule has 0 amide bonds. The first-order chi connectivity index (χ1) is 16.9. The summed E-state index contributed by atoms with van der Waals surface area (Å²) in [7, 11) is 1.33. The number of carbonyl (C=O) groups is 2. The SMILES string of the molecule is COC(=O)CCCOc1cc2oc3cc(SC)ccc3c(=O)c2cc1C(=O)c1ccc(SC)cc1. The molecule has 0 saturated carbocycles. The molecule has 0 aliphatic carbocycles. The van der Waals surface area contributed by atoms with E-state index in [1.807, 2.05) is 36.8 Å². The van der Waals surface area contributed by atoms with Crippen LogP contribution in [-0.4, -0.2) is 38.0 Å². The lowest BCUT2D eigenvalue weighted by molar-refractivity contribution is -0.140. The Balaban J connectivity index is 1.81. The fraction of sp³-hybridized carbons (Fsp3) is 0.222. The maximum atomic E-state index is 13.5. The van der Waals surface area contributed by atoms with E-state index in [-0.39, 0.29) is 35.8 Å². The molecule has 4 aromatic rings. The summed E-state index contributed by atoms with van der Waals surface area (Å²) in [5.74, 6) is -0.302. The average molecular weight is 509 g/mol. The summed E-state index contributed by atoms with van der Waals surface area (Å²) in [5.41, 5.74) is 1.34. The zero-order valence-electron chi connectivity index (χ0n) is 19.6. The van der Waals surface area contributed by atoms with Gasteiger partial charge in [0.25, 0.3) is 0 Å². The Bertz CT molecular complexity index is 1460. The first kappa shape index (κ1) is 24.9. The second-order valence-corrected chi connectivity index (χ2v) is 9.48. The average Bonchev–Trinajstić information content (AvgIpc) is 2.90. The molecule has 0 bridgehead atoms. The van der Waals surface area contributed by atoms with Crippen LogP contribution in [0.15, 0.2) is 73.6 Å². The number of benzene rings is 3. The summed E-state index contributed by atoms with van der Waals surface area (Å²) >= 11 is 3.14. The number of ketones is 1. The number of ether oxygens (including phenoxy) is 2. The van der Waals surface area contributed by atoms with Crippen LogP contribution < -0.4 is 10.2 Å². The van der Waals surface area contributed by atoms with Crippen LogP contribution in [-0.2, 0) is 9.53 Å². The van der Waals surface area contributed by atoms with Gasteiger partial charge in [-0.3, -0.25) is 14.4 Å². The number of methoxy groups -OCH3 is 1. The first-order valence-corrected chi connectivity index (χ1v) is 13.4. The molecule has 180 valence electrons. The van der Waals surface area contributed by atoms with Gasteiger partial charge < -0.3 is 13.9 Å². The van der Waals surface area contributed by atoms with Crippen molar-refractivity contribution in [2.24, 2.45) is 0 Å². The highest BCUT2D eigenvalue weighted by molar-refractivity contribution is 7.98. The van der Waals surface area contributed by atoms with Crippen LogP contribution in [0.4, 0.5) is 0 Å².